The summed E-state index contributed by atoms with van der Waals surface area (Å²) in [5, 5.41) is 8.39. The number of thiophene rings is 2. The molecule has 0 aliphatic carbocycles. The molecule has 0 N–H and O–H groups in total. The van der Waals surface area contributed by atoms with Gasteiger partial charge >= 0.3 is 0 Å². The molecule has 4 aromatic heterocycles. The fraction of sp³-hybridized carbons (Fsp3) is 0. The van der Waals surface area contributed by atoms with Crippen LogP contribution in [0.1, 0.15) is 0 Å². The molecule has 0 radical (unpaired) electrons. The number of rotatable bonds is 4. The summed E-state index contributed by atoms with van der Waals surface area (Å²) in [4.78, 5) is 7.86. The van der Waals surface area contributed by atoms with Crippen molar-refractivity contribution >= 4 is 124 Å². The van der Waals surface area contributed by atoms with Crippen LogP contribution >= 0.6 is 34.0 Å². The zero-order valence-corrected chi connectivity index (χ0v) is 28.3. The Hall–Kier alpha value is -5.53. The van der Waals surface area contributed by atoms with Gasteiger partial charge in [-0.1, -0.05) is 91.0 Å². The Labute approximate surface area is 292 Å². The van der Waals surface area contributed by atoms with Gasteiger partial charge in [0.05, 0.1) is 10.4 Å². The predicted octanol–water partition coefficient (Wildman–Crippen LogP) is 14.1. The molecular formula is C43H24N2OS3. The van der Waals surface area contributed by atoms with E-state index >= 15 is 0 Å². The van der Waals surface area contributed by atoms with Gasteiger partial charge in [-0.25, -0.2) is 4.98 Å². The Morgan fingerprint density at radius 2 is 1.12 bits per heavy atom. The fourth-order valence-corrected chi connectivity index (χ4v) is 10.8. The highest BCUT2D eigenvalue weighted by molar-refractivity contribution is 7.28. The summed E-state index contributed by atoms with van der Waals surface area (Å²) >= 11 is 5.49. The van der Waals surface area contributed by atoms with Crippen molar-refractivity contribution in [3.8, 4) is 10.6 Å². The number of thiazole rings is 1. The number of furan rings is 1. The lowest BCUT2D eigenvalue weighted by Gasteiger charge is -2.26. The smallest absolute Gasteiger partial charge is 0.135 e. The lowest BCUT2D eigenvalue weighted by Crippen LogP contribution is -2.10. The Morgan fingerprint density at radius 3 is 2.00 bits per heavy atom. The molecule has 49 heavy (non-hydrogen) atoms. The Bertz CT molecular complexity index is 3070. The normalized spacial score (nSPS) is 12.1. The van der Waals surface area contributed by atoms with Gasteiger partial charge in [0.1, 0.15) is 21.7 Å². The molecule has 0 spiro atoms. The molecule has 6 heteroatoms. The molecule has 230 valence electrons. The van der Waals surface area contributed by atoms with Gasteiger partial charge in [-0.15, -0.1) is 34.0 Å². The molecule has 0 bridgehead atoms. The maximum Gasteiger partial charge on any atom is 0.135 e. The maximum absolute atomic E-state index is 6.28. The van der Waals surface area contributed by atoms with E-state index in [2.05, 4.69) is 138 Å². The van der Waals surface area contributed by atoms with Crippen molar-refractivity contribution in [2.75, 3.05) is 4.90 Å². The minimum absolute atomic E-state index is 0.884. The SMILES string of the molecule is c1ccc(-c2nc3c(N(c4ccc5c(c4)sc4ccccc45)c4ccc5oc6ccccc6c5c4)cc4sc5ccccc5c4c3s2)cc1. The van der Waals surface area contributed by atoms with Crippen molar-refractivity contribution in [2.24, 2.45) is 0 Å². The number of aromatic nitrogens is 1. The standard InChI is InChI=1S/C43H24N2OS3/c1-2-10-25(11-3-1)43-44-41-33(24-39-40(42(41)49-43)31-14-6-9-17-37(31)48-39)45(26-19-21-35-32(22-26)28-12-4-7-15-34(28)46-35)27-18-20-30-29-13-5-8-16-36(29)47-38(30)23-27/h1-24H. The van der Waals surface area contributed by atoms with E-state index in [4.69, 9.17) is 9.40 Å². The molecule has 4 heterocycles. The van der Waals surface area contributed by atoms with Crippen LogP contribution < -0.4 is 4.90 Å². The molecule has 0 aliphatic heterocycles. The van der Waals surface area contributed by atoms with Gasteiger partial charge in [-0.3, -0.25) is 0 Å². The van der Waals surface area contributed by atoms with Crippen LogP contribution in [0.2, 0.25) is 0 Å². The monoisotopic (exact) mass is 680 g/mol. The van der Waals surface area contributed by atoms with Crippen LogP contribution in [0.3, 0.4) is 0 Å². The second-order valence-electron chi connectivity index (χ2n) is 12.3. The second kappa shape index (κ2) is 10.5. The maximum atomic E-state index is 6.28. The Kier molecular flexibility index (Phi) is 5.87. The number of benzene rings is 7. The highest BCUT2D eigenvalue weighted by Crippen LogP contribution is 2.50. The molecule has 7 aromatic carbocycles. The van der Waals surface area contributed by atoms with E-state index in [1.54, 1.807) is 11.3 Å². The molecule has 0 atom stereocenters. The first-order chi connectivity index (χ1) is 24.3. The van der Waals surface area contributed by atoms with Crippen molar-refractivity contribution in [3.63, 3.8) is 0 Å². The summed E-state index contributed by atoms with van der Waals surface area (Å²) in [6.45, 7) is 0. The topological polar surface area (TPSA) is 29.3 Å². The van der Waals surface area contributed by atoms with Crippen molar-refractivity contribution < 1.29 is 4.42 Å². The minimum Gasteiger partial charge on any atom is -0.456 e. The average molecular weight is 681 g/mol. The third-order valence-electron chi connectivity index (χ3n) is 9.49. The number of hydrogen-bond donors (Lipinski definition) is 0. The van der Waals surface area contributed by atoms with Crippen molar-refractivity contribution in [2.45, 2.75) is 0 Å². The van der Waals surface area contributed by atoms with Crippen LogP contribution in [0.4, 0.5) is 17.1 Å². The summed E-state index contributed by atoms with van der Waals surface area (Å²) < 4.78 is 12.6. The van der Waals surface area contributed by atoms with Crippen LogP contribution in [-0.4, -0.2) is 4.98 Å². The van der Waals surface area contributed by atoms with Crippen LogP contribution in [-0.2, 0) is 0 Å². The zero-order valence-electron chi connectivity index (χ0n) is 25.9. The van der Waals surface area contributed by atoms with Gasteiger partial charge < -0.3 is 9.32 Å². The molecule has 0 saturated heterocycles. The Balaban J connectivity index is 1.25. The third-order valence-corrected chi connectivity index (χ3v) is 12.9. The largest absolute Gasteiger partial charge is 0.456 e. The first kappa shape index (κ1) is 27.4. The van der Waals surface area contributed by atoms with Crippen molar-refractivity contribution in [3.05, 3.63) is 146 Å². The van der Waals surface area contributed by atoms with Crippen LogP contribution in [0, 0.1) is 0 Å². The minimum atomic E-state index is 0.884. The average Bonchev–Trinajstić information content (AvgIpc) is 3.93. The van der Waals surface area contributed by atoms with E-state index < -0.39 is 0 Å². The Morgan fingerprint density at radius 1 is 0.469 bits per heavy atom. The van der Waals surface area contributed by atoms with E-state index in [0.29, 0.717) is 0 Å². The molecule has 0 saturated carbocycles. The molecule has 0 unspecified atom stereocenters. The highest BCUT2D eigenvalue weighted by Gasteiger charge is 2.24. The number of hydrogen-bond acceptors (Lipinski definition) is 6. The third kappa shape index (κ3) is 4.15. The molecule has 11 rings (SSSR count). The first-order valence-corrected chi connectivity index (χ1v) is 18.6. The van der Waals surface area contributed by atoms with Crippen molar-refractivity contribution in [1.82, 2.24) is 4.98 Å². The molecule has 3 nitrogen and oxygen atoms in total. The number of nitrogens with zero attached hydrogens (tertiary/aromatic N) is 2. The van der Waals surface area contributed by atoms with E-state index in [9.17, 15) is 0 Å². The second-order valence-corrected chi connectivity index (χ2v) is 15.5. The number of fused-ring (bicyclic) bond motifs is 11. The van der Waals surface area contributed by atoms with Gasteiger partial charge in [-0.05, 0) is 54.6 Å². The van der Waals surface area contributed by atoms with E-state index in [-0.39, 0.29) is 0 Å². The molecule has 0 amide bonds. The van der Waals surface area contributed by atoms with Gasteiger partial charge in [-0.2, -0.15) is 0 Å². The van der Waals surface area contributed by atoms with E-state index in [1.807, 2.05) is 34.8 Å². The summed E-state index contributed by atoms with van der Waals surface area (Å²) in [6, 6.07) is 52.2. The summed E-state index contributed by atoms with van der Waals surface area (Å²) in [5.41, 5.74) is 7.15. The molecule has 0 aliphatic rings. The predicted molar refractivity (Wildman–Crippen MR) is 213 cm³/mol. The van der Waals surface area contributed by atoms with Gasteiger partial charge in [0.25, 0.3) is 0 Å². The number of para-hydroxylation sites is 1. The van der Waals surface area contributed by atoms with Crippen LogP contribution in [0.25, 0.3) is 83.1 Å². The quantitative estimate of drug-likeness (QED) is 0.185. The summed E-state index contributed by atoms with van der Waals surface area (Å²) in [5.74, 6) is 0. The van der Waals surface area contributed by atoms with E-state index in [0.717, 1.165) is 55.1 Å². The first-order valence-electron chi connectivity index (χ1n) is 16.2. The molecule has 11 aromatic rings. The number of anilines is 3. The zero-order chi connectivity index (χ0) is 32.1. The molecular weight excluding hydrogens is 657 g/mol. The lowest BCUT2D eigenvalue weighted by molar-refractivity contribution is 0.669. The van der Waals surface area contributed by atoms with Crippen molar-refractivity contribution in [1.29, 1.82) is 0 Å². The highest BCUT2D eigenvalue weighted by atomic mass is 32.1. The van der Waals surface area contributed by atoms with Crippen LogP contribution in [0.5, 0.6) is 0 Å². The molecule has 0 fully saturated rings. The van der Waals surface area contributed by atoms with Gasteiger partial charge in [0.2, 0.25) is 0 Å². The lowest BCUT2D eigenvalue weighted by atomic mass is 10.1. The van der Waals surface area contributed by atoms with E-state index in [1.165, 1.54) is 45.0 Å². The summed E-state index contributed by atoms with van der Waals surface area (Å²) in [7, 11) is 0. The van der Waals surface area contributed by atoms with Gasteiger partial charge in [0.15, 0.2) is 0 Å². The summed E-state index contributed by atoms with van der Waals surface area (Å²) in [6.07, 6.45) is 0. The fourth-order valence-electron chi connectivity index (χ4n) is 7.26. The van der Waals surface area contributed by atoms with Crippen LogP contribution in [0.15, 0.2) is 150 Å². The van der Waals surface area contributed by atoms with Gasteiger partial charge in [0, 0.05) is 68.1 Å².